The highest BCUT2D eigenvalue weighted by Gasteiger charge is 2.06. The number of carbonyl (C=O) groups excluding carboxylic acids is 1. The van der Waals surface area contributed by atoms with Crippen LogP contribution in [0.2, 0.25) is 0 Å². The molecule has 0 aliphatic heterocycles. The lowest BCUT2D eigenvalue weighted by atomic mass is 10.1. The summed E-state index contributed by atoms with van der Waals surface area (Å²) in [5.74, 6) is 0.473. The molecule has 0 unspecified atom stereocenters. The van der Waals surface area contributed by atoms with Crippen LogP contribution in [0.5, 0.6) is 5.75 Å². The number of aryl methyl sites for hydroxylation is 2. The van der Waals surface area contributed by atoms with Gasteiger partial charge in [-0.1, -0.05) is 18.2 Å². The zero-order chi connectivity index (χ0) is 17.2. The van der Waals surface area contributed by atoms with Crippen molar-refractivity contribution < 1.29 is 18.7 Å². The Morgan fingerprint density at radius 3 is 2.43 bits per heavy atom. The van der Waals surface area contributed by atoms with Crippen LogP contribution in [0.1, 0.15) is 16.7 Å². The molecular formula is C18H22FNO3. The van der Waals surface area contributed by atoms with E-state index in [1.807, 2.05) is 26.1 Å². The number of methoxy groups -OCH3 is 1. The van der Waals surface area contributed by atoms with Gasteiger partial charge >= 0.3 is 0 Å². The molecule has 23 heavy (non-hydrogen) atoms. The summed E-state index contributed by atoms with van der Waals surface area (Å²) in [5.41, 5.74) is 4.16. The number of anilines is 1. The van der Waals surface area contributed by atoms with Crippen molar-refractivity contribution in [3.63, 3.8) is 0 Å². The Hall–Kier alpha value is -2.56. The number of ether oxygens (including phenoxy) is 2. The third kappa shape index (κ3) is 5.62. The molecule has 4 nitrogen and oxygen atoms in total. The van der Waals surface area contributed by atoms with Crippen molar-refractivity contribution in [2.75, 3.05) is 19.5 Å². The zero-order valence-electron chi connectivity index (χ0n) is 13.9. The van der Waals surface area contributed by atoms with Crippen LogP contribution in [0.15, 0.2) is 36.4 Å². The van der Waals surface area contributed by atoms with Crippen LogP contribution in [-0.2, 0) is 16.1 Å². The van der Waals surface area contributed by atoms with Crippen LogP contribution < -0.4 is 10.1 Å². The molecule has 0 saturated carbocycles. The summed E-state index contributed by atoms with van der Waals surface area (Å²) >= 11 is 0. The molecule has 0 amide bonds. The summed E-state index contributed by atoms with van der Waals surface area (Å²) in [4.78, 5) is 8.95. The maximum absolute atomic E-state index is 13.0. The molecule has 2 rings (SSSR count). The van der Waals surface area contributed by atoms with E-state index in [-0.39, 0.29) is 5.82 Å². The van der Waals surface area contributed by atoms with Crippen LogP contribution in [0, 0.1) is 19.7 Å². The third-order valence-corrected chi connectivity index (χ3v) is 3.23. The number of hydrogen-bond donors (Lipinski definition) is 1. The Kier molecular flexibility index (Phi) is 7.60. The zero-order valence-corrected chi connectivity index (χ0v) is 13.9. The van der Waals surface area contributed by atoms with Gasteiger partial charge in [0.05, 0.1) is 7.11 Å². The molecule has 1 N–H and O–H groups in total. The monoisotopic (exact) mass is 319 g/mol. The van der Waals surface area contributed by atoms with Crippen molar-refractivity contribution in [2.45, 2.75) is 20.5 Å². The molecule has 5 heteroatoms. The van der Waals surface area contributed by atoms with Crippen molar-refractivity contribution in [1.82, 2.24) is 0 Å². The Morgan fingerprint density at radius 1 is 1.17 bits per heavy atom. The molecule has 0 spiro atoms. The summed E-state index contributed by atoms with van der Waals surface area (Å²) in [5, 5.41) is 3.18. The van der Waals surface area contributed by atoms with Crippen molar-refractivity contribution in [1.29, 1.82) is 0 Å². The Morgan fingerprint density at radius 2 is 1.87 bits per heavy atom. The SMILES string of the molecule is CNc1c(C)cccc1COc1ccc(F)cc1C.COC=O. The fraction of sp³-hybridized carbons (Fsp3) is 0.278. The largest absolute Gasteiger partial charge is 0.489 e. The predicted octanol–water partition coefficient (Wildman–Crippen LogP) is 3.85. The van der Waals surface area contributed by atoms with Gasteiger partial charge < -0.3 is 14.8 Å². The van der Waals surface area contributed by atoms with E-state index in [1.54, 1.807) is 6.07 Å². The number of hydrogen-bond acceptors (Lipinski definition) is 4. The molecule has 0 radical (unpaired) electrons. The highest BCUT2D eigenvalue weighted by atomic mass is 19.1. The number of para-hydroxylation sites is 1. The Balaban J connectivity index is 0.000000593. The summed E-state index contributed by atoms with van der Waals surface area (Å²) in [6, 6.07) is 10.6. The first-order valence-electron chi connectivity index (χ1n) is 7.15. The van der Waals surface area contributed by atoms with Crippen LogP contribution in [0.25, 0.3) is 0 Å². The predicted molar refractivity (Wildman–Crippen MR) is 89.3 cm³/mol. The van der Waals surface area contributed by atoms with Crippen LogP contribution in [0.3, 0.4) is 0 Å². The van der Waals surface area contributed by atoms with E-state index in [9.17, 15) is 4.39 Å². The number of rotatable bonds is 5. The van der Waals surface area contributed by atoms with Crippen molar-refractivity contribution in [3.8, 4) is 5.75 Å². The molecule has 0 heterocycles. The smallest absolute Gasteiger partial charge is 0.292 e. The third-order valence-electron chi connectivity index (χ3n) is 3.23. The number of halogens is 1. The lowest BCUT2D eigenvalue weighted by Crippen LogP contribution is -2.03. The van der Waals surface area contributed by atoms with Crippen molar-refractivity contribution >= 4 is 12.2 Å². The van der Waals surface area contributed by atoms with E-state index in [2.05, 4.69) is 23.0 Å². The molecule has 124 valence electrons. The first-order valence-corrected chi connectivity index (χ1v) is 7.15. The van der Waals surface area contributed by atoms with E-state index >= 15 is 0 Å². The first-order chi connectivity index (χ1) is 11.0. The summed E-state index contributed by atoms with van der Waals surface area (Å²) in [6.45, 7) is 4.73. The number of benzene rings is 2. The van der Waals surface area contributed by atoms with Gasteiger partial charge in [-0.2, -0.15) is 0 Å². The molecule has 0 aromatic heterocycles. The van der Waals surface area contributed by atoms with Gasteiger partial charge in [0.15, 0.2) is 0 Å². The van der Waals surface area contributed by atoms with Crippen molar-refractivity contribution in [3.05, 3.63) is 58.9 Å². The van der Waals surface area contributed by atoms with Gasteiger partial charge in [-0.15, -0.1) is 0 Å². The second kappa shape index (κ2) is 9.46. The van der Waals surface area contributed by atoms with Gasteiger partial charge in [-0.05, 0) is 43.2 Å². The molecule has 0 bridgehead atoms. The lowest BCUT2D eigenvalue weighted by Gasteiger charge is -2.14. The number of nitrogens with one attached hydrogen (secondary N) is 1. The van der Waals surface area contributed by atoms with Crippen LogP contribution in [-0.4, -0.2) is 20.6 Å². The first kappa shape index (κ1) is 18.5. The highest BCUT2D eigenvalue weighted by Crippen LogP contribution is 2.24. The fourth-order valence-corrected chi connectivity index (χ4v) is 2.14. The van der Waals surface area contributed by atoms with Gasteiger partial charge in [-0.25, -0.2) is 4.39 Å². The van der Waals surface area contributed by atoms with Gasteiger partial charge in [0.2, 0.25) is 0 Å². The summed E-state index contributed by atoms with van der Waals surface area (Å²) in [6.07, 6.45) is 0. The molecule has 0 aliphatic carbocycles. The summed E-state index contributed by atoms with van der Waals surface area (Å²) in [7, 11) is 3.21. The quantitative estimate of drug-likeness (QED) is 0.850. The molecular weight excluding hydrogens is 297 g/mol. The van der Waals surface area contributed by atoms with Crippen LogP contribution >= 0.6 is 0 Å². The Bertz CT molecular complexity index is 644. The minimum atomic E-state index is -0.240. The van der Waals surface area contributed by atoms with Gasteiger partial charge in [-0.3, -0.25) is 4.79 Å². The van der Waals surface area contributed by atoms with Gasteiger partial charge in [0.1, 0.15) is 18.2 Å². The highest BCUT2D eigenvalue weighted by molar-refractivity contribution is 5.56. The average Bonchev–Trinajstić information content (AvgIpc) is 2.54. The van der Waals surface area contributed by atoms with E-state index < -0.39 is 0 Å². The molecule has 0 saturated heterocycles. The maximum Gasteiger partial charge on any atom is 0.292 e. The van der Waals surface area contributed by atoms with Gasteiger partial charge in [0, 0.05) is 18.3 Å². The van der Waals surface area contributed by atoms with E-state index in [0.29, 0.717) is 18.8 Å². The molecule has 0 atom stereocenters. The van der Waals surface area contributed by atoms with Gasteiger partial charge in [0.25, 0.3) is 6.47 Å². The van der Waals surface area contributed by atoms with E-state index in [1.165, 1.54) is 24.8 Å². The second-order valence-corrected chi connectivity index (χ2v) is 4.89. The second-order valence-electron chi connectivity index (χ2n) is 4.89. The fourth-order valence-electron chi connectivity index (χ4n) is 2.14. The average molecular weight is 319 g/mol. The van der Waals surface area contributed by atoms with Crippen molar-refractivity contribution in [2.24, 2.45) is 0 Å². The maximum atomic E-state index is 13.0. The lowest BCUT2D eigenvalue weighted by molar-refractivity contribution is -0.126. The number of carbonyl (C=O) groups is 1. The summed E-state index contributed by atoms with van der Waals surface area (Å²) < 4.78 is 22.6. The Labute approximate surface area is 136 Å². The topological polar surface area (TPSA) is 47.6 Å². The normalized spacial score (nSPS) is 9.43. The molecule has 0 fully saturated rings. The molecule has 2 aromatic carbocycles. The van der Waals surface area contributed by atoms with E-state index in [0.717, 1.165) is 16.8 Å². The molecule has 2 aromatic rings. The minimum Gasteiger partial charge on any atom is -0.489 e. The molecule has 0 aliphatic rings. The van der Waals surface area contributed by atoms with E-state index in [4.69, 9.17) is 9.53 Å². The standard InChI is InChI=1S/C16H18FNO.C2H4O2/c1-11-5-4-6-13(16(11)18-3)10-19-15-8-7-14(17)9-12(15)2;1-4-2-3/h4-9,18H,10H2,1-3H3;2H,1H3. The minimum absolute atomic E-state index is 0.240. The van der Waals surface area contributed by atoms with Crippen LogP contribution in [0.4, 0.5) is 10.1 Å².